The number of hydrogen-bond acceptors (Lipinski definition) is 7. The van der Waals surface area contributed by atoms with Gasteiger partial charge in [-0.05, 0) is 12.8 Å². The second-order valence-electron chi connectivity index (χ2n) is 5.96. The molecule has 1 aromatic carbocycles. The fraction of sp³-hybridized carbons (Fsp3) is 0.526. The van der Waals surface area contributed by atoms with Gasteiger partial charge in [0.2, 0.25) is 6.10 Å². The highest BCUT2D eigenvalue weighted by atomic mass is 16.6. The molecule has 0 unspecified atom stereocenters. The minimum Gasteiger partial charge on any atom is -0.469 e. The van der Waals surface area contributed by atoms with Crippen LogP contribution in [0, 0.1) is 0 Å². The molecule has 0 fully saturated rings. The lowest BCUT2D eigenvalue weighted by Crippen LogP contribution is -2.43. The lowest BCUT2D eigenvalue weighted by atomic mass is 9.92. The summed E-state index contributed by atoms with van der Waals surface area (Å²) in [7, 11) is 2.34. The number of benzene rings is 1. The van der Waals surface area contributed by atoms with Crippen LogP contribution >= 0.6 is 0 Å². The Morgan fingerprint density at radius 3 is 2.27 bits per heavy atom. The average Bonchev–Trinajstić information content (AvgIpc) is 2.65. The fourth-order valence-electron chi connectivity index (χ4n) is 2.44. The Balaban J connectivity index is 3.02. The Labute approximate surface area is 153 Å². The van der Waals surface area contributed by atoms with Crippen molar-refractivity contribution in [2.45, 2.75) is 50.7 Å². The lowest BCUT2D eigenvalue weighted by molar-refractivity contribution is -0.184. The number of carbonyl (C=O) groups excluding carboxylic acids is 3. The zero-order valence-corrected chi connectivity index (χ0v) is 15.4. The predicted molar refractivity (Wildman–Crippen MR) is 93.0 cm³/mol. The van der Waals surface area contributed by atoms with Gasteiger partial charge in [0, 0.05) is 5.56 Å². The molecular formula is C19H26O7. The van der Waals surface area contributed by atoms with Gasteiger partial charge in [0.15, 0.2) is 5.60 Å². The van der Waals surface area contributed by atoms with Gasteiger partial charge in [-0.1, -0.05) is 50.1 Å². The molecule has 0 aliphatic carbocycles. The molecular weight excluding hydrogens is 340 g/mol. The number of aliphatic hydroxyl groups is 1. The minimum atomic E-state index is -2.07. The summed E-state index contributed by atoms with van der Waals surface area (Å²) in [5.41, 5.74) is -1.66. The maximum atomic E-state index is 12.6. The molecule has 7 heteroatoms. The summed E-state index contributed by atoms with van der Waals surface area (Å²) in [6.07, 6.45) is 0.317. The number of hydrogen-bond donors (Lipinski definition) is 1. The molecule has 0 amide bonds. The molecule has 0 aromatic heterocycles. The van der Waals surface area contributed by atoms with Crippen molar-refractivity contribution >= 4 is 17.9 Å². The van der Waals surface area contributed by atoms with Crippen LogP contribution in [0.1, 0.15) is 50.7 Å². The van der Waals surface area contributed by atoms with Gasteiger partial charge < -0.3 is 19.3 Å². The third kappa shape index (κ3) is 6.15. The van der Waals surface area contributed by atoms with Crippen molar-refractivity contribution in [1.82, 2.24) is 0 Å². The van der Waals surface area contributed by atoms with E-state index in [-0.39, 0.29) is 6.42 Å². The molecule has 0 bridgehead atoms. The molecule has 0 heterocycles. The number of ether oxygens (including phenoxy) is 3. The zero-order chi connectivity index (χ0) is 19.6. The summed E-state index contributed by atoms with van der Waals surface area (Å²) in [6.45, 7) is 1.97. The van der Waals surface area contributed by atoms with Crippen LogP contribution in [-0.2, 0) is 28.6 Å². The molecule has 0 saturated carbocycles. The van der Waals surface area contributed by atoms with Crippen molar-refractivity contribution in [3.63, 3.8) is 0 Å². The maximum absolute atomic E-state index is 12.6. The normalized spacial score (nSPS) is 14.0. The van der Waals surface area contributed by atoms with Gasteiger partial charge in [0.05, 0.1) is 20.6 Å². The summed E-state index contributed by atoms with van der Waals surface area (Å²) < 4.78 is 14.5. The second kappa shape index (κ2) is 10.6. The summed E-state index contributed by atoms with van der Waals surface area (Å²) in [5, 5.41) is 10.7. The highest BCUT2D eigenvalue weighted by Gasteiger charge is 2.42. The van der Waals surface area contributed by atoms with E-state index >= 15 is 0 Å². The molecule has 0 spiro atoms. The third-order valence-electron chi connectivity index (χ3n) is 3.98. The fourth-order valence-corrected chi connectivity index (χ4v) is 2.44. The van der Waals surface area contributed by atoms with E-state index in [4.69, 9.17) is 9.47 Å². The summed E-state index contributed by atoms with van der Waals surface area (Å²) >= 11 is 0. The van der Waals surface area contributed by atoms with Gasteiger partial charge in [-0.25, -0.2) is 9.59 Å². The van der Waals surface area contributed by atoms with Gasteiger partial charge >= 0.3 is 17.9 Å². The van der Waals surface area contributed by atoms with Crippen molar-refractivity contribution in [1.29, 1.82) is 0 Å². The first-order valence-electron chi connectivity index (χ1n) is 8.51. The minimum absolute atomic E-state index is 0.0253. The number of methoxy groups -OCH3 is 2. The Hall–Kier alpha value is -2.41. The van der Waals surface area contributed by atoms with E-state index in [1.807, 2.05) is 6.92 Å². The van der Waals surface area contributed by atoms with Gasteiger partial charge in [-0.2, -0.15) is 0 Å². The Bertz CT molecular complexity index is 599. The Kier molecular flexibility index (Phi) is 8.78. The standard InChI is InChI=1S/C19H26O7/c1-4-5-9-12-19(23,13-15(20)24-2)18(22)26-16(17(21)25-3)14-10-7-6-8-11-14/h6-8,10-11,16,23H,4-5,9,12-13H2,1-3H3/t16-,19+/m0/s1. The monoisotopic (exact) mass is 366 g/mol. The van der Waals surface area contributed by atoms with Crippen LogP contribution in [0.15, 0.2) is 30.3 Å². The second-order valence-corrected chi connectivity index (χ2v) is 5.96. The van der Waals surface area contributed by atoms with Gasteiger partial charge in [-0.15, -0.1) is 0 Å². The first-order chi connectivity index (χ1) is 12.4. The van der Waals surface area contributed by atoms with Crippen molar-refractivity contribution in [2.75, 3.05) is 14.2 Å². The van der Waals surface area contributed by atoms with E-state index in [2.05, 4.69) is 4.74 Å². The maximum Gasteiger partial charge on any atom is 0.351 e. The van der Waals surface area contributed by atoms with E-state index in [0.717, 1.165) is 12.8 Å². The first-order valence-corrected chi connectivity index (χ1v) is 8.51. The number of rotatable bonds is 10. The molecule has 2 atom stereocenters. The molecule has 0 radical (unpaired) electrons. The van der Waals surface area contributed by atoms with Crippen molar-refractivity contribution in [2.24, 2.45) is 0 Å². The topological polar surface area (TPSA) is 99.1 Å². The number of carbonyl (C=O) groups is 3. The zero-order valence-electron chi connectivity index (χ0n) is 15.4. The molecule has 26 heavy (non-hydrogen) atoms. The summed E-state index contributed by atoms with van der Waals surface area (Å²) in [5.74, 6) is -2.58. The van der Waals surface area contributed by atoms with Gasteiger partial charge in [0.25, 0.3) is 0 Å². The van der Waals surface area contributed by atoms with E-state index in [0.29, 0.717) is 12.0 Å². The van der Waals surface area contributed by atoms with Crippen LogP contribution in [0.25, 0.3) is 0 Å². The molecule has 0 saturated heterocycles. The number of unbranched alkanes of at least 4 members (excludes halogenated alkanes) is 2. The molecule has 1 rings (SSSR count). The molecule has 7 nitrogen and oxygen atoms in total. The predicted octanol–water partition coefficient (Wildman–Crippen LogP) is 2.32. The molecule has 144 valence electrons. The lowest BCUT2D eigenvalue weighted by Gasteiger charge is -2.27. The van der Waals surface area contributed by atoms with Crippen LogP contribution in [-0.4, -0.2) is 42.8 Å². The largest absolute Gasteiger partial charge is 0.469 e. The molecule has 1 N–H and O–H groups in total. The molecule has 1 aromatic rings. The Morgan fingerprint density at radius 1 is 1.08 bits per heavy atom. The Morgan fingerprint density at radius 2 is 1.73 bits per heavy atom. The quantitative estimate of drug-likeness (QED) is 0.385. The van der Waals surface area contributed by atoms with E-state index in [9.17, 15) is 19.5 Å². The van der Waals surface area contributed by atoms with Gasteiger partial charge in [-0.3, -0.25) is 4.79 Å². The van der Waals surface area contributed by atoms with E-state index in [1.165, 1.54) is 14.2 Å². The summed E-state index contributed by atoms with van der Waals surface area (Å²) in [6, 6.07) is 8.32. The van der Waals surface area contributed by atoms with Gasteiger partial charge in [0.1, 0.15) is 0 Å². The number of esters is 3. The van der Waals surface area contributed by atoms with E-state index in [1.54, 1.807) is 30.3 Å². The van der Waals surface area contributed by atoms with Crippen LogP contribution < -0.4 is 0 Å². The van der Waals surface area contributed by atoms with Crippen molar-refractivity contribution in [3.05, 3.63) is 35.9 Å². The smallest absolute Gasteiger partial charge is 0.351 e. The van der Waals surface area contributed by atoms with Crippen molar-refractivity contribution < 1.29 is 33.7 Å². The molecule has 0 aliphatic heterocycles. The van der Waals surface area contributed by atoms with Crippen LogP contribution in [0.4, 0.5) is 0 Å². The van der Waals surface area contributed by atoms with E-state index < -0.39 is 36.0 Å². The summed E-state index contributed by atoms with van der Waals surface area (Å²) in [4.78, 5) is 36.3. The average molecular weight is 366 g/mol. The SMILES string of the molecule is CCCCC[C@@](O)(CC(=O)OC)C(=O)O[C@H](C(=O)OC)c1ccccc1. The van der Waals surface area contributed by atoms with Crippen LogP contribution in [0.5, 0.6) is 0 Å². The van der Waals surface area contributed by atoms with Crippen molar-refractivity contribution in [3.8, 4) is 0 Å². The molecule has 0 aliphatic rings. The first kappa shape index (κ1) is 21.6. The third-order valence-corrected chi connectivity index (χ3v) is 3.98. The van der Waals surface area contributed by atoms with Crippen LogP contribution in [0.3, 0.4) is 0 Å². The van der Waals surface area contributed by atoms with Crippen LogP contribution in [0.2, 0.25) is 0 Å². The highest BCUT2D eigenvalue weighted by molar-refractivity contribution is 5.88. The highest BCUT2D eigenvalue weighted by Crippen LogP contribution is 2.27.